The maximum atomic E-state index is 4.26. The van der Waals surface area contributed by atoms with Crippen LogP contribution in [0.4, 0.5) is 0 Å². The van der Waals surface area contributed by atoms with Crippen molar-refractivity contribution in [1.29, 1.82) is 0 Å². The van der Waals surface area contributed by atoms with Gasteiger partial charge in [0.25, 0.3) is 0 Å². The summed E-state index contributed by atoms with van der Waals surface area (Å²) >= 11 is 0. The third-order valence-electron chi connectivity index (χ3n) is 2.30. The van der Waals surface area contributed by atoms with E-state index in [4.69, 9.17) is 0 Å². The first-order valence-corrected chi connectivity index (χ1v) is 4.84. The lowest BCUT2D eigenvalue weighted by Gasteiger charge is -2.26. The van der Waals surface area contributed by atoms with E-state index in [0.717, 1.165) is 6.54 Å². The van der Waals surface area contributed by atoms with Crippen molar-refractivity contribution in [2.24, 2.45) is 21.1 Å². The third-order valence-corrected chi connectivity index (χ3v) is 2.30. The monoisotopic (exact) mass is 180 g/mol. The van der Waals surface area contributed by atoms with Crippen LogP contribution >= 0.6 is 0 Å². The first kappa shape index (κ1) is 10.4. The molecule has 0 bridgehead atoms. The summed E-state index contributed by atoms with van der Waals surface area (Å²) in [6, 6.07) is 0. The fourth-order valence-electron chi connectivity index (χ4n) is 1.51. The molecule has 2 nitrogen and oxygen atoms in total. The summed E-state index contributed by atoms with van der Waals surface area (Å²) in [4.78, 5) is 0. The average Bonchev–Trinajstić information content (AvgIpc) is 2.27. The molecule has 0 spiro atoms. The summed E-state index contributed by atoms with van der Waals surface area (Å²) in [5.74, 6) is 0. The molecule has 0 aromatic carbocycles. The van der Waals surface area contributed by atoms with Gasteiger partial charge >= 0.3 is 0 Å². The maximum absolute atomic E-state index is 4.26. The van der Waals surface area contributed by atoms with E-state index in [1.807, 2.05) is 0 Å². The molecule has 0 aliphatic carbocycles. The number of allylic oxidation sites excluding steroid dienone is 1. The summed E-state index contributed by atoms with van der Waals surface area (Å²) in [5.41, 5.74) is 2.90. The van der Waals surface area contributed by atoms with Gasteiger partial charge in [-0.25, -0.2) is 0 Å². The Kier molecular flexibility index (Phi) is 2.35. The van der Waals surface area contributed by atoms with Crippen LogP contribution in [0.15, 0.2) is 21.5 Å². The molecule has 0 unspecified atom stereocenters. The molecule has 0 aromatic heterocycles. The van der Waals surface area contributed by atoms with Gasteiger partial charge in [-0.15, -0.1) is 0 Å². The molecule has 0 fully saturated rings. The maximum Gasteiger partial charge on any atom is 0.0840 e. The normalized spacial score (nSPS) is 18.6. The van der Waals surface area contributed by atoms with Gasteiger partial charge in [0.2, 0.25) is 0 Å². The molecule has 0 saturated heterocycles. The molecule has 0 saturated carbocycles. The van der Waals surface area contributed by atoms with E-state index in [0.29, 0.717) is 0 Å². The van der Waals surface area contributed by atoms with E-state index in [-0.39, 0.29) is 10.8 Å². The predicted molar refractivity (Wildman–Crippen MR) is 55.7 cm³/mol. The van der Waals surface area contributed by atoms with E-state index in [1.54, 1.807) is 0 Å². The lowest BCUT2D eigenvalue weighted by molar-refractivity contribution is 0.447. The number of rotatable bonds is 0. The molecular weight excluding hydrogens is 160 g/mol. The number of hydrogen-bond acceptors (Lipinski definition) is 2. The molecule has 1 aliphatic heterocycles. The van der Waals surface area contributed by atoms with Crippen molar-refractivity contribution in [3.05, 3.63) is 11.3 Å². The van der Waals surface area contributed by atoms with Crippen molar-refractivity contribution in [2.75, 3.05) is 6.54 Å². The molecule has 0 radical (unpaired) electrons. The van der Waals surface area contributed by atoms with Crippen LogP contribution in [0.2, 0.25) is 0 Å². The van der Waals surface area contributed by atoms with Crippen molar-refractivity contribution in [3.8, 4) is 0 Å². The molecule has 1 rings (SSSR count). The minimum Gasteiger partial charge on any atom is -0.184 e. The Morgan fingerprint density at radius 2 is 1.46 bits per heavy atom. The Bertz CT molecular complexity index is 259. The van der Waals surface area contributed by atoms with E-state index in [9.17, 15) is 0 Å². The molecular formula is C11H20N2. The third kappa shape index (κ3) is 2.17. The summed E-state index contributed by atoms with van der Waals surface area (Å²) in [7, 11) is 0. The molecule has 2 heteroatoms. The Labute approximate surface area is 81.1 Å². The zero-order chi connectivity index (χ0) is 10.3. The van der Waals surface area contributed by atoms with Crippen molar-refractivity contribution in [1.82, 2.24) is 0 Å². The second-order valence-electron chi connectivity index (χ2n) is 5.73. The molecule has 0 atom stereocenters. The van der Waals surface area contributed by atoms with Gasteiger partial charge in [-0.2, -0.15) is 10.2 Å². The summed E-state index contributed by atoms with van der Waals surface area (Å²) in [6.45, 7) is 14.0. The van der Waals surface area contributed by atoms with Crippen molar-refractivity contribution >= 4 is 0 Å². The van der Waals surface area contributed by atoms with Crippen molar-refractivity contribution in [2.45, 2.75) is 41.5 Å². The minimum atomic E-state index is 0.128. The van der Waals surface area contributed by atoms with Gasteiger partial charge < -0.3 is 0 Å². The molecule has 0 amide bonds. The highest BCUT2D eigenvalue weighted by molar-refractivity contribution is 5.27. The summed E-state index contributed by atoms with van der Waals surface area (Å²) in [5, 5.41) is 8.39. The Hall–Kier alpha value is -0.660. The first-order valence-electron chi connectivity index (χ1n) is 4.84. The van der Waals surface area contributed by atoms with Crippen LogP contribution in [0.1, 0.15) is 41.5 Å². The lowest BCUT2D eigenvalue weighted by atomic mass is 9.79. The van der Waals surface area contributed by atoms with Crippen LogP contribution in [0.3, 0.4) is 0 Å². The van der Waals surface area contributed by atoms with Gasteiger partial charge in [0.15, 0.2) is 0 Å². The van der Waals surface area contributed by atoms with Gasteiger partial charge in [-0.3, -0.25) is 0 Å². The van der Waals surface area contributed by atoms with Crippen molar-refractivity contribution < 1.29 is 0 Å². The van der Waals surface area contributed by atoms with E-state index >= 15 is 0 Å². The standard InChI is InChI=1S/C11H20N2/c1-10(2,3)8-7-12-13-9(8)11(4,5)6/h7H2,1-6H3. The fourth-order valence-corrected chi connectivity index (χ4v) is 1.51. The number of azo groups is 1. The molecule has 1 heterocycles. The molecule has 1 aliphatic rings. The highest BCUT2D eigenvalue weighted by Crippen LogP contribution is 2.40. The predicted octanol–water partition coefficient (Wildman–Crippen LogP) is 3.80. The van der Waals surface area contributed by atoms with Crippen LogP contribution in [0.25, 0.3) is 0 Å². The number of nitrogens with zero attached hydrogens (tertiary/aromatic N) is 2. The molecule has 13 heavy (non-hydrogen) atoms. The second-order valence-corrected chi connectivity index (χ2v) is 5.73. The molecule has 74 valence electrons. The van der Waals surface area contributed by atoms with Gasteiger partial charge in [-0.1, -0.05) is 41.5 Å². The topological polar surface area (TPSA) is 24.7 Å². The summed E-state index contributed by atoms with van der Waals surface area (Å²) < 4.78 is 0. The molecule has 0 N–H and O–H groups in total. The Morgan fingerprint density at radius 3 is 1.77 bits per heavy atom. The highest BCUT2D eigenvalue weighted by Gasteiger charge is 2.30. The average molecular weight is 180 g/mol. The van der Waals surface area contributed by atoms with Crippen LogP contribution in [-0.4, -0.2) is 6.54 Å². The second kappa shape index (κ2) is 2.93. The zero-order valence-electron chi connectivity index (χ0n) is 9.60. The lowest BCUT2D eigenvalue weighted by Crippen LogP contribution is -2.17. The van der Waals surface area contributed by atoms with Gasteiger partial charge in [-0.05, 0) is 11.0 Å². The van der Waals surface area contributed by atoms with Crippen LogP contribution in [0.5, 0.6) is 0 Å². The van der Waals surface area contributed by atoms with Gasteiger partial charge in [0.1, 0.15) is 0 Å². The minimum absolute atomic E-state index is 0.128. The van der Waals surface area contributed by atoms with Crippen molar-refractivity contribution in [3.63, 3.8) is 0 Å². The zero-order valence-corrected chi connectivity index (χ0v) is 9.60. The van der Waals surface area contributed by atoms with E-state index in [2.05, 4.69) is 51.8 Å². The van der Waals surface area contributed by atoms with Gasteiger partial charge in [0.05, 0.1) is 12.2 Å². The quantitative estimate of drug-likeness (QED) is 0.541. The summed E-state index contributed by atoms with van der Waals surface area (Å²) in [6.07, 6.45) is 0. The van der Waals surface area contributed by atoms with E-state index in [1.165, 1.54) is 11.3 Å². The Morgan fingerprint density at radius 1 is 0.923 bits per heavy atom. The Balaban J connectivity index is 3.10. The SMILES string of the molecule is CC(C)(C)C1=C(C(C)(C)C)N=NC1. The van der Waals surface area contributed by atoms with E-state index < -0.39 is 0 Å². The number of hydrogen-bond donors (Lipinski definition) is 0. The van der Waals surface area contributed by atoms with Gasteiger partial charge in [0, 0.05) is 5.41 Å². The largest absolute Gasteiger partial charge is 0.184 e. The van der Waals surface area contributed by atoms with Crippen LogP contribution < -0.4 is 0 Å². The highest BCUT2D eigenvalue weighted by atomic mass is 15.1. The van der Waals surface area contributed by atoms with Crippen LogP contribution in [-0.2, 0) is 0 Å². The first-order chi connectivity index (χ1) is 5.73. The molecule has 0 aromatic rings. The smallest absolute Gasteiger partial charge is 0.0840 e. The van der Waals surface area contributed by atoms with Crippen LogP contribution in [0, 0.1) is 10.8 Å². The fraction of sp³-hybridized carbons (Fsp3) is 0.818.